The molecule has 8 heteroatoms. The molecule has 0 saturated heterocycles. The molecule has 1 aliphatic rings. The minimum absolute atomic E-state index is 0.128. The molecular weight excluding hydrogens is 446 g/mol. The van der Waals surface area contributed by atoms with Gasteiger partial charge in [0.05, 0.1) is 5.56 Å². The van der Waals surface area contributed by atoms with Crippen LogP contribution in [-0.2, 0) is 21.5 Å². The van der Waals surface area contributed by atoms with Gasteiger partial charge in [0.15, 0.2) is 5.54 Å². The van der Waals surface area contributed by atoms with Crippen molar-refractivity contribution in [1.82, 2.24) is 10.2 Å². The van der Waals surface area contributed by atoms with Gasteiger partial charge >= 0.3 is 12.1 Å². The summed E-state index contributed by atoms with van der Waals surface area (Å²) >= 11 is 0. The largest absolute Gasteiger partial charge is 0.478 e. The quantitative estimate of drug-likeness (QED) is 0.604. The Hall–Kier alpha value is -3.68. The summed E-state index contributed by atoms with van der Waals surface area (Å²) in [6, 6.07) is 15.9. The number of carboxylic acids is 1. The lowest BCUT2D eigenvalue weighted by Gasteiger charge is -2.28. The number of carbonyl (C=O) groups excluding carboxylic acids is 2. The van der Waals surface area contributed by atoms with Crippen molar-refractivity contribution >= 4 is 23.9 Å². The molecule has 35 heavy (non-hydrogen) atoms. The number of carboxylic acid groups (broad SMARTS) is 1. The summed E-state index contributed by atoms with van der Waals surface area (Å²) < 4.78 is 5.41. The molecule has 2 aromatic carbocycles. The fourth-order valence-electron chi connectivity index (χ4n) is 4.15. The summed E-state index contributed by atoms with van der Waals surface area (Å²) in [7, 11) is 0. The highest BCUT2D eigenvalue weighted by Crippen LogP contribution is 2.39. The smallest absolute Gasteiger partial charge is 0.414 e. The Balaban J connectivity index is 1.97. The van der Waals surface area contributed by atoms with E-state index in [9.17, 15) is 19.5 Å². The van der Waals surface area contributed by atoms with Crippen LogP contribution >= 0.6 is 0 Å². The van der Waals surface area contributed by atoms with E-state index in [1.165, 1.54) is 11.0 Å². The third-order valence-electron chi connectivity index (χ3n) is 5.52. The van der Waals surface area contributed by atoms with Gasteiger partial charge in [-0.15, -0.1) is 0 Å². The first-order valence-corrected chi connectivity index (χ1v) is 11.7. The van der Waals surface area contributed by atoms with Crippen molar-refractivity contribution in [1.29, 1.82) is 0 Å². The third kappa shape index (κ3) is 6.26. The van der Waals surface area contributed by atoms with E-state index in [1.807, 2.05) is 50.2 Å². The van der Waals surface area contributed by atoms with Gasteiger partial charge in [0, 0.05) is 6.54 Å². The minimum Gasteiger partial charge on any atom is -0.478 e. The molecule has 3 rings (SSSR count). The average molecular weight is 480 g/mol. The highest BCUT2D eigenvalue weighted by atomic mass is 16.6. The van der Waals surface area contributed by atoms with Crippen molar-refractivity contribution in [2.45, 2.75) is 58.6 Å². The lowest BCUT2D eigenvalue weighted by Crippen LogP contribution is -2.48. The van der Waals surface area contributed by atoms with Gasteiger partial charge in [0.2, 0.25) is 5.96 Å². The number of carbonyl (C=O) groups is 3. The van der Waals surface area contributed by atoms with Crippen LogP contribution < -0.4 is 5.32 Å². The number of amides is 2. The van der Waals surface area contributed by atoms with Gasteiger partial charge in [-0.05, 0) is 62.8 Å². The molecule has 2 N–H and O–H groups in total. The van der Waals surface area contributed by atoms with E-state index in [0.29, 0.717) is 12.8 Å². The number of aliphatic imine (C=N–C) groups is 1. The lowest BCUT2D eigenvalue weighted by molar-refractivity contribution is -0.132. The number of nitrogens with zero attached hydrogens (tertiary/aromatic N) is 2. The van der Waals surface area contributed by atoms with E-state index >= 15 is 0 Å². The van der Waals surface area contributed by atoms with E-state index < -0.39 is 23.2 Å². The number of aromatic carboxylic acids is 1. The number of hydrogen-bond donors (Lipinski definition) is 2. The molecule has 0 bridgehead atoms. The van der Waals surface area contributed by atoms with Crippen LogP contribution in [0.2, 0.25) is 0 Å². The Kier molecular flexibility index (Phi) is 7.63. The summed E-state index contributed by atoms with van der Waals surface area (Å²) in [6.45, 7) is 9.53. The predicted octanol–water partition coefficient (Wildman–Crippen LogP) is 4.59. The number of rotatable bonds is 7. The van der Waals surface area contributed by atoms with E-state index in [0.717, 1.165) is 11.1 Å². The molecular formula is C27H33N3O5. The van der Waals surface area contributed by atoms with Crippen molar-refractivity contribution in [2.24, 2.45) is 10.9 Å². The second kappa shape index (κ2) is 10.3. The van der Waals surface area contributed by atoms with Crippen molar-refractivity contribution in [2.75, 3.05) is 6.54 Å². The first kappa shape index (κ1) is 25.9. The van der Waals surface area contributed by atoms with Crippen LogP contribution in [0.15, 0.2) is 59.6 Å². The van der Waals surface area contributed by atoms with Gasteiger partial charge in [0.1, 0.15) is 5.60 Å². The van der Waals surface area contributed by atoms with Crippen molar-refractivity contribution < 1.29 is 24.2 Å². The molecule has 0 radical (unpaired) electrons. The second-order valence-electron chi connectivity index (χ2n) is 10.1. The summed E-state index contributed by atoms with van der Waals surface area (Å²) in [6.07, 6.45) is 0.143. The number of guanidine groups is 1. The van der Waals surface area contributed by atoms with Crippen molar-refractivity contribution in [3.05, 3.63) is 71.3 Å². The number of ether oxygens (including phenoxy) is 1. The molecule has 1 aliphatic heterocycles. The van der Waals surface area contributed by atoms with Gasteiger partial charge in [0.25, 0.3) is 5.91 Å². The van der Waals surface area contributed by atoms with Crippen LogP contribution in [0.1, 0.15) is 62.5 Å². The van der Waals surface area contributed by atoms with Crippen molar-refractivity contribution in [3.8, 4) is 0 Å². The number of benzene rings is 2. The average Bonchev–Trinajstić information content (AvgIpc) is 3.02. The zero-order chi connectivity index (χ0) is 25.8. The molecule has 8 nitrogen and oxygen atoms in total. The Morgan fingerprint density at radius 2 is 1.80 bits per heavy atom. The summed E-state index contributed by atoms with van der Waals surface area (Å²) in [5.41, 5.74) is -0.214. The number of alkyl carbamates (subject to hydrolysis) is 1. The Morgan fingerprint density at radius 1 is 1.11 bits per heavy atom. The molecule has 0 spiro atoms. The number of nitrogens with one attached hydrogen (secondary N) is 1. The highest BCUT2D eigenvalue weighted by molar-refractivity contribution is 6.11. The first-order valence-electron chi connectivity index (χ1n) is 11.7. The minimum atomic E-state index is -1.18. The molecule has 1 heterocycles. The standard InChI is InChI=1S/C27H33N3O5/c1-18(2)17-27(21-12-7-6-8-13-21)23(33)30(24(29-27)28-25(34)35-26(3,4)5)15-14-19-10-9-11-20(16-19)22(31)32/h6-13,16,18H,14-15,17H2,1-5H3,(H,31,32)(H,28,29,34)/t27-/m1/s1. The van der Waals surface area contributed by atoms with Crippen LogP contribution in [0.3, 0.4) is 0 Å². The van der Waals surface area contributed by atoms with Gasteiger partial charge in [-0.1, -0.05) is 56.3 Å². The SMILES string of the molecule is CC(C)C[C@]1(c2ccccc2)N=C(NC(=O)OC(C)(C)C)N(CCc2cccc(C(=O)O)c2)C1=O. The molecule has 2 aromatic rings. The van der Waals surface area contributed by atoms with E-state index in [2.05, 4.69) is 5.32 Å². The van der Waals surface area contributed by atoms with Gasteiger partial charge in [-0.25, -0.2) is 14.6 Å². The molecule has 186 valence electrons. The summed E-state index contributed by atoms with van der Waals surface area (Å²) in [5, 5.41) is 12.0. The maximum Gasteiger partial charge on any atom is 0.414 e. The van der Waals surface area contributed by atoms with E-state index in [4.69, 9.17) is 9.73 Å². The fourth-order valence-corrected chi connectivity index (χ4v) is 4.15. The van der Waals surface area contributed by atoms with Gasteiger partial charge in [-0.2, -0.15) is 0 Å². The maximum atomic E-state index is 14.0. The molecule has 0 aliphatic carbocycles. The fraction of sp³-hybridized carbons (Fsp3) is 0.407. The molecule has 0 unspecified atom stereocenters. The molecule has 0 saturated carbocycles. The van der Waals surface area contributed by atoms with Crippen LogP contribution in [0.25, 0.3) is 0 Å². The van der Waals surface area contributed by atoms with Gasteiger partial charge < -0.3 is 9.84 Å². The second-order valence-corrected chi connectivity index (χ2v) is 10.1. The molecule has 0 fully saturated rings. The van der Waals surface area contributed by atoms with Crippen LogP contribution in [0.4, 0.5) is 4.79 Å². The zero-order valence-corrected chi connectivity index (χ0v) is 20.9. The maximum absolute atomic E-state index is 14.0. The first-order chi connectivity index (χ1) is 16.4. The van der Waals surface area contributed by atoms with Gasteiger partial charge in [-0.3, -0.25) is 15.0 Å². The Bertz CT molecular complexity index is 1120. The van der Waals surface area contributed by atoms with Crippen LogP contribution in [-0.4, -0.2) is 46.1 Å². The molecule has 1 atom stereocenters. The molecule has 0 aromatic heterocycles. The van der Waals surface area contributed by atoms with Crippen LogP contribution in [0.5, 0.6) is 0 Å². The lowest BCUT2D eigenvalue weighted by atomic mass is 9.82. The zero-order valence-electron chi connectivity index (χ0n) is 20.9. The topological polar surface area (TPSA) is 108 Å². The highest BCUT2D eigenvalue weighted by Gasteiger charge is 2.50. The third-order valence-corrected chi connectivity index (χ3v) is 5.52. The van der Waals surface area contributed by atoms with E-state index in [-0.39, 0.29) is 29.9 Å². The summed E-state index contributed by atoms with van der Waals surface area (Å²) in [5.74, 6) is -0.975. The van der Waals surface area contributed by atoms with Crippen molar-refractivity contribution in [3.63, 3.8) is 0 Å². The van der Waals surface area contributed by atoms with E-state index in [1.54, 1.807) is 32.9 Å². The Morgan fingerprint density at radius 3 is 2.40 bits per heavy atom. The predicted molar refractivity (Wildman–Crippen MR) is 133 cm³/mol. The van der Waals surface area contributed by atoms with Crippen LogP contribution in [0, 0.1) is 5.92 Å². The summed E-state index contributed by atoms with van der Waals surface area (Å²) in [4.78, 5) is 44.2. The molecule has 2 amide bonds. The normalized spacial score (nSPS) is 17.9. The Labute approximate surface area is 206 Å². The number of hydrogen-bond acceptors (Lipinski definition) is 5. The monoisotopic (exact) mass is 479 g/mol.